The summed E-state index contributed by atoms with van der Waals surface area (Å²) in [6, 6.07) is 0.00635. The Morgan fingerprint density at radius 1 is 1.71 bits per heavy atom. The zero-order valence-corrected chi connectivity index (χ0v) is 10.1. The Balaban J connectivity index is 0.00000169. The Labute approximate surface area is 95.1 Å². The number of carbonyl (C=O) groups is 1. The Hall–Kier alpha value is 0.0300. The van der Waals surface area contributed by atoms with Crippen LogP contribution in [0.25, 0.3) is 0 Å². The van der Waals surface area contributed by atoms with Gasteiger partial charge in [-0.25, -0.2) is 0 Å². The maximum Gasteiger partial charge on any atom is 0.240 e. The van der Waals surface area contributed by atoms with Crippen molar-refractivity contribution in [2.24, 2.45) is 0 Å². The molecule has 6 heteroatoms. The van der Waals surface area contributed by atoms with Crippen LogP contribution in [-0.2, 0) is 9.53 Å². The number of likely N-dealkylation sites (N-methyl/N-ethyl adjacent to an activating group) is 1. The number of ether oxygens (including phenoxy) is 1. The van der Waals surface area contributed by atoms with Crippen LogP contribution in [0.1, 0.15) is 0 Å². The number of carbonyl (C=O) groups excluding carboxylic acids is 1. The van der Waals surface area contributed by atoms with Gasteiger partial charge in [-0.15, -0.1) is 24.2 Å². The molecule has 1 saturated heterocycles. The molecule has 1 N–H and O–H groups in total. The molecule has 0 radical (unpaired) electrons. The minimum atomic E-state index is 0. The van der Waals surface area contributed by atoms with Crippen molar-refractivity contribution in [1.29, 1.82) is 0 Å². The Bertz CT molecular complexity index is 177. The average Bonchev–Trinajstić information content (AvgIpc) is 2.65. The van der Waals surface area contributed by atoms with Gasteiger partial charge in [-0.1, -0.05) is 0 Å². The summed E-state index contributed by atoms with van der Waals surface area (Å²) in [5.41, 5.74) is 0. The van der Waals surface area contributed by atoms with Gasteiger partial charge in [0, 0.05) is 32.3 Å². The van der Waals surface area contributed by atoms with Crippen molar-refractivity contribution in [2.75, 3.05) is 38.9 Å². The highest BCUT2D eigenvalue weighted by molar-refractivity contribution is 7.99. The molecule has 1 unspecified atom stereocenters. The summed E-state index contributed by atoms with van der Waals surface area (Å²) in [7, 11) is 3.45. The topological polar surface area (TPSA) is 41.6 Å². The molecule has 1 atom stereocenters. The van der Waals surface area contributed by atoms with E-state index >= 15 is 0 Å². The lowest BCUT2D eigenvalue weighted by atomic mass is 10.3. The van der Waals surface area contributed by atoms with Crippen LogP contribution >= 0.6 is 24.2 Å². The number of halogens is 1. The smallest absolute Gasteiger partial charge is 0.240 e. The third kappa shape index (κ3) is 4.04. The Morgan fingerprint density at radius 2 is 2.43 bits per heavy atom. The number of rotatable bonds is 4. The highest BCUT2D eigenvalue weighted by Gasteiger charge is 2.24. The molecular weight excluding hydrogens is 224 g/mol. The number of thioether (sulfide) groups is 1. The van der Waals surface area contributed by atoms with Gasteiger partial charge in [0.05, 0.1) is 12.6 Å². The summed E-state index contributed by atoms with van der Waals surface area (Å²) in [6.45, 7) is 1.26. The van der Waals surface area contributed by atoms with Crippen LogP contribution in [0.5, 0.6) is 0 Å². The van der Waals surface area contributed by atoms with Crippen LogP contribution in [0.15, 0.2) is 0 Å². The molecule has 4 nitrogen and oxygen atoms in total. The third-order valence-electron chi connectivity index (χ3n) is 2.02. The van der Waals surface area contributed by atoms with Crippen LogP contribution in [0.4, 0.5) is 0 Å². The zero-order chi connectivity index (χ0) is 9.68. The molecule has 1 heterocycles. The van der Waals surface area contributed by atoms with Crippen molar-refractivity contribution in [3.63, 3.8) is 0 Å². The number of hydrogen-bond acceptors (Lipinski definition) is 4. The maximum atomic E-state index is 11.6. The second-order valence-electron chi connectivity index (χ2n) is 3.02. The second kappa shape index (κ2) is 7.34. The molecule has 84 valence electrons. The average molecular weight is 241 g/mol. The lowest BCUT2D eigenvalue weighted by Gasteiger charge is -2.20. The van der Waals surface area contributed by atoms with Crippen LogP contribution in [0, 0.1) is 0 Å². The predicted octanol–water partition coefficient (Wildman–Crippen LogP) is 0.176. The highest BCUT2D eigenvalue weighted by atomic mass is 35.5. The molecule has 14 heavy (non-hydrogen) atoms. The molecule has 0 aromatic carbocycles. The fourth-order valence-electron chi connectivity index (χ4n) is 1.16. The van der Waals surface area contributed by atoms with Crippen LogP contribution in [0.2, 0.25) is 0 Å². The Morgan fingerprint density at radius 3 is 2.93 bits per heavy atom. The van der Waals surface area contributed by atoms with Gasteiger partial charge in [0.15, 0.2) is 0 Å². The van der Waals surface area contributed by atoms with E-state index in [-0.39, 0.29) is 24.4 Å². The molecule has 1 aliphatic heterocycles. The number of nitrogens with one attached hydrogen (secondary N) is 1. The quantitative estimate of drug-likeness (QED) is 0.761. The van der Waals surface area contributed by atoms with E-state index in [0.717, 1.165) is 11.6 Å². The molecule has 0 aliphatic carbocycles. The Kier molecular flexibility index (Phi) is 7.35. The normalized spacial score (nSPS) is 20.3. The molecule has 1 fully saturated rings. The first-order valence-corrected chi connectivity index (χ1v) is 5.46. The van der Waals surface area contributed by atoms with Crippen molar-refractivity contribution in [1.82, 2.24) is 10.2 Å². The largest absolute Gasteiger partial charge is 0.383 e. The highest BCUT2D eigenvalue weighted by Crippen LogP contribution is 2.11. The molecule has 0 saturated carbocycles. The van der Waals surface area contributed by atoms with Crippen molar-refractivity contribution in [3.05, 3.63) is 0 Å². The van der Waals surface area contributed by atoms with E-state index in [2.05, 4.69) is 5.32 Å². The first kappa shape index (κ1) is 14.0. The van der Waals surface area contributed by atoms with Gasteiger partial charge in [-0.3, -0.25) is 10.1 Å². The van der Waals surface area contributed by atoms with E-state index in [1.807, 2.05) is 7.05 Å². The summed E-state index contributed by atoms with van der Waals surface area (Å²) >= 11 is 1.76. The minimum Gasteiger partial charge on any atom is -0.383 e. The summed E-state index contributed by atoms with van der Waals surface area (Å²) in [4.78, 5) is 13.4. The third-order valence-corrected chi connectivity index (χ3v) is 2.96. The summed E-state index contributed by atoms with van der Waals surface area (Å²) in [5, 5.41) is 3.14. The predicted molar refractivity (Wildman–Crippen MR) is 61.0 cm³/mol. The fourth-order valence-corrected chi connectivity index (χ4v) is 2.09. The number of hydrogen-bond donors (Lipinski definition) is 1. The zero-order valence-electron chi connectivity index (χ0n) is 8.49. The summed E-state index contributed by atoms with van der Waals surface area (Å²) in [6.07, 6.45) is 0. The second-order valence-corrected chi connectivity index (χ2v) is 4.05. The van der Waals surface area contributed by atoms with Gasteiger partial charge in [0.25, 0.3) is 0 Å². The first-order valence-electron chi connectivity index (χ1n) is 4.30. The van der Waals surface area contributed by atoms with E-state index in [9.17, 15) is 4.79 Å². The van der Waals surface area contributed by atoms with Gasteiger partial charge in [0.2, 0.25) is 5.91 Å². The van der Waals surface area contributed by atoms with E-state index in [1.165, 1.54) is 0 Å². The van der Waals surface area contributed by atoms with E-state index in [1.54, 1.807) is 23.8 Å². The molecule has 1 aliphatic rings. The van der Waals surface area contributed by atoms with Gasteiger partial charge in [-0.05, 0) is 0 Å². The standard InChI is InChI=1S/C8H16N2O2S.ClH/c1-10(3-4-12-2)8(11)7-5-13-6-9-7;/h7,9H,3-6H2,1-2H3;1H. The molecule has 1 amide bonds. The molecule has 0 spiro atoms. The molecule has 1 rings (SSSR count). The van der Waals surface area contributed by atoms with Crippen LogP contribution in [-0.4, -0.2) is 55.8 Å². The molecule has 0 bridgehead atoms. The van der Waals surface area contributed by atoms with Crippen molar-refractivity contribution in [3.8, 4) is 0 Å². The van der Waals surface area contributed by atoms with Gasteiger partial charge in [-0.2, -0.15) is 0 Å². The molecule has 0 aromatic rings. The molecular formula is C8H17ClN2O2S. The maximum absolute atomic E-state index is 11.6. The SMILES string of the molecule is COCCN(C)C(=O)C1CSCN1.Cl. The monoisotopic (exact) mass is 240 g/mol. The fraction of sp³-hybridized carbons (Fsp3) is 0.875. The number of methoxy groups -OCH3 is 1. The van der Waals surface area contributed by atoms with Gasteiger partial charge in [0.1, 0.15) is 0 Å². The van der Waals surface area contributed by atoms with Crippen molar-refractivity contribution >= 4 is 30.1 Å². The lowest BCUT2D eigenvalue weighted by molar-refractivity contribution is -0.131. The van der Waals surface area contributed by atoms with Crippen LogP contribution < -0.4 is 5.32 Å². The molecule has 0 aromatic heterocycles. The van der Waals surface area contributed by atoms with Gasteiger partial charge < -0.3 is 9.64 Å². The number of nitrogens with zero attached hydrogens (tertiary/aromatic N) is 1. The number of amides is 1. The first-order chi connectivity index (χ1) is 6.25. The summed E-state index contributed by atoms with van der Waals surface area (Å²) < 4.78 is 4.91. The van der Waals surface area contributed by atoms with E-state index in [4.69, 9.17) is 4.74 Å². The minimum absolute atomic E-state index is 0. The lowest BCUT2D eigenvalue weighted by Crippen LogP contribution is -2.44. The van der Waals surface area contributed by atoms with E-state index in [0.29, 0.717) is 13.2 Å². The van der Waals surface area contributed by atoms with Crippen LogP contribution in [0.3, 0.4) is 0 Å². The van der Waals surface area contributed by atoms with Crippen molar-refractivity contribution in [2.45, 2.75) is 6.04 Å². The summed E-state index contributed by atoms with van der Waals surface area (Å²) in [5.74, 6) is 1.94. The van der Waals surface area contributed by atoms with E-state index < -0.39 is 0 Å². The van der Waals surface area contributed by atoms with Crippen molar-refractivity contribution < 1.29 is 9.53 Å². The van der Waals surface area contributed by atoms with Gasteiger partial charge >= 0.3 is 0 Å².